The van der Waals surface area contributed by atoms with E-state index >= 15 is 0 Å². The molecule has 1 N–H and O–H groups in total. The van der Waals surface area contributed by atoms with Crippen LogP contribution >= 0.6 is 0 Å². The predicted molar refractivity (Wildman–Crippen MR) is 135 cm³/mol. The highest BCUT2D eigenvalue weighted by atomic mass is 16.5. The fraction of sp³-hybridized carbons (Fsp3) is 0.250. The molecule has 1 heterocycles. The molecule has 35 heavy (non-hydrogen) atoms. The zero-order valence-corrected chi connectivity index (χ0v) is 19.7. The standard InChI is InChI=1S/C28H29N3O4/c1-34-25-11-6-10-24(18-25)28(33)31-15-13-23(14-16-31)27(32)30-29-19-22-9-5-12-26(17-22)35-20-21-7-3-2-4-8-21/h2-12,17-19,23H,13-16,20H2,1H3,(H,30,32)/b29-19-. The molecule has 1 saturated heterocycles. The molecule has 4 rings (SSSR count). The van der Waals surface area contributed by atoms with Crippen LogP contribution in [0.3, 0.4) is 0 Å². The van der Waals surface area contributed by atoms with E-state index in [1.807, 2.05) is 60.7 Å². The quantitative estimate of drug-likeness (QED) is 0.393. The summed E-state index contributed by atoms with van der Waals surface area (Å²) in [5.74, 6) is 1.02. The maximum absolute atomic E-state index is 12.8. The van der Waals surface area contributed by atoms with E-state index in [9.17, 15) is 9.59 Å². The van der Waals surface area contributed by atoms with Crippen LogP contribution in [0.25, 0.3) is 0 Å². The summed E-state index contributed by atoms with van der Waals surface area (Å²) >= 11 is 0. The van der Waals surface area contributed by atoms with Gasteiger partial charge in [-0.1, -0.05) is 48.5 Å². The number of nitrogens with zero attached hydrogens (tertiary/aromatic N) is 2. The molecule has 7 nitrogen and oxygen atoms in total. The second-order valence-electron chi connectivity index (χ2n) is 8.38. The van der Waals surface area contributed by atoms with Crippen molar-refractivity contribution in [2.24, 2.45) is 11.0 Å². The minimum atomic E-state index is -0.179. The van der Waals surface area contributed by atoms with Crippen LogP contribution in [0, 0.1) is 5.92 Å². The molecule has 0 aromatic heterocycles. The summed E-state index contributed by atoms with van der Waals surface area (Å²) in [5.41, 5.74) is 5.15. The lowest BCUT2D eigenvalue weighted by Gasteiger charge is -2.31. The van der Waals surface area contributed by atoms with Gasteiger partial charge in [0.25, 0.3) is 5.91 Å². The Morgan fingerprint density at radius 2 is 1.71 bits per heavy atom. The van der Waals surface area contributed by atoms with E-state index in [2.05, 4.69) is 10.5 Å². The molecule has 0 aliphatic carbocycles. The van der Waals surface area contributed by atoms with Crippen LogP contribution in [0.4, 0.5) is 0 Å². The fourth-order valence-corrected chi connectivity index (χ4v) is 3.97. The third kappa shape index (κ3) is 6.69. The van der Waals surface area contributed by atoms with Gasteiger partial charge in [0.05, 0.1) is 13.3 Å². The molecule has 3 aromatic rings. The van der Waals surface area contributed by atoms with Crippen LogP contribution in [0.1, 0.15) is 34.3 Å². The molecular formula is C28H29N3O4. The average molecular weight is 472 g/mol. The zero-order chi connectivity index (χ0) is 24.5. The van der Waals surface area contributed by atoms with Crippen molar-refractivity contribution >= 4 is 18.0 Å². The van der Waals surface area contributed by atoms with Gasteiger partial charge in [0.1, 0.15) is 18.1 Å². The Bertz CT molecular complexity index is 1170. The number of nitrogens with one attached hydrogen (secondary N) is 1. The number of rotatable bonds is 8. The first-order valence-corrected chi connectivity index (χ1v) is 11.7. The number of hydrogen-bond donors (Lipinski definition) is 1. The van der Waals surface area contributed by atoms with Crippen molar-refractivity contribution in [3.63, 3.8) is 0 Å². The number of methoxy groups -OCH3 is 1. The highest BCUT2D eigenvalue weighted by Gasteiger charge is 2.27. The smallest absolute Gasteiger partial charge is 0.253 e. The molecule has 0 radical (unpaired) electrons. The molecule has 180 valence electrons. The highest BCUT2D eigenvalue weighted by molar-refractivity contribution is 5.94. The van der Waals surface area contributed by atoms with Crippen molar-refractivity contribution in [2.45, 2.75) is 19.4 Å². The van der Waals surface area contributed by atoms with Gasteiger partial charge < -0.3 is 14.4 Å². The summed E-state index contributed by atoms with van der Waals surface area (Å²) in [4.78, 5) is 27.1. The number of hydrogen-bond acceptors (Lipinski definition) is 5. The summed E-state index contributed by atoms with van der Waals surface area (Å²) < 4.78 is 11.0. The first kappa shape index (κ1) is 24.0. The van der Waals surface area contributed by atoms with Crippen molar-refractivity contribution in [1.82, 2.24) is 10.3 Å². The summed E-state index contributed by atoms with van der Waals surface area (Å²) in [6, 6.07) is 24.6. The number of likely N-dealkylation sites (tertiary alicyclic amines) is 1. The van der Waals surface area contributed by atoms with Crippen molar-refractivity contribution in [1.29, 1.82) is 0 Å². The monoisotopic (exact) mass is 471 g/mol. The fourth-order valence-electron chi connectivity index (χ4n) is 3.97. The number of carbonyl (C=O) groups excluding carboxylic acids is 2. The SMILES string of the molecule is COc1cccc(C(=O)N2CCC(C(=O)N/N=C\c3cccc(OCc4ccccc4)c3)CC2)c1. The van der Waals surface area contributed by atoms with Gasteiger partial charge in [-0.25, -0.2) is 5.43 Å². The molecule has 2 amide bonds. The molecular weight excluding hydrogens is 442 g/mol. The van der Waals surface area contributed by atoms with Crippen LogP contribution in [0.5, 0.6) is 11.5 Å². The summed E-state index contributed by atoms with van der Waals surface area (Å²) in [6.45, 7) is 1.54. The maximum Gasteiger partial charge on any atom is 0.253 e. The number of piperidine rings is 1. The van der Waals surface area contributed by atoms with Gasteiger partial charge in [-0.05, 0) is 54.3 Å². The molecule has 0 unspecified atom stereocenters. The second kappa shape index (κ2) is 11.8. The van der Waals surface area contributed by atoms with E-state index in [4.69, 9.17) is 9.47 Å². The van der Waals surface area contributed by atoms with Crippen molar-refractivity contribution in [3.8, 4) is 11.5 Å². The topological polar surface area (TPSA) is 80.2 Å². The van der Waals surface area contributed by atoms with Gasteiger partial charge in [-0.3, -0.25) is 9.59 Å². The van der Waals surface area contributed by atoms with Crippen LogP contribution in [0.2, 0.25) is 0 Å². The molecule has 3 aromatic carbocycles. The zero-order valence-electron chi connectivity index (χ0n) is 19.7. The molecule has 0 spiro atoms. The molecule has 0 bridgehead atoms. The van der Waals surface area contributed by atoms with Crippen molar-refractivity contribution < 1.29 is 19.1 Å². The summed E-state index contributed by atoms with van der Waals surface area (Å²) in [6.07, 6.45) is 2.80. The van der Waals surface area contributed by atoms with Gasteiger partial charge in [-0.15, -0.1) is 0 Å². The van der Waals surface area contributed by atoms with Crippen LogP contribution < -0.4 is 14.9 Å². The first-order chi connectivity index (χ1) is 17.1. The van der Waals surface area contributed by atoms with Gasteiger partial charge in [0.2, 0.25) is 5.91 Å². The summed E-state index contributed by atoms with van der Waals surface area (Å²) in [7, 11) is 1.58. The summed E-state index contributed by atoms with van der Waals surface area (Å²) in [5, 5.41) is 4.12. The van der Waals surface area contributed by atoms with Gasteiger partial charge >= 0.3 is 0 Å². The van der Waals surface area contributed by atoms with Crippen LogP contribution in [-0.2, 0) is 11.4 Å². The normalized spacial score (nSPS) is 14.0. The molecule has 7 heteroatoms. The number of benzene rings is 3. The minimum absolute atomic E-state index is 0.0462. The van der Waals surface area contributed by atoms with Crippen LogP contribution in [0.15, 0.2) is 84.0 Å². The van der Waals surface area contributed by atoms with E-state index in [0.29, 0.717) is 43.9 Å². The lowest BCUT2D eigenvalue weighted by molar-refractivity contribution is -0.126. The molecule has 0 atom stereocenters. The van der Waals surface area contributed by atoms with E-state index in [0.717, 1.165) is 16.9 Å². The number of hydrazone groups is 1. The third-order valence-electron chi connectivity index (χ3n) is 5.96. The number of carbonyl (C=O) groups is 2. The Balaban J connectivity index is 1.24. The Labute approximate surface area is 205 Å². The van der Waals surface area contributed by atoms with E-state index in [-0.39, 0.29) is 17.7 Å². The van der Waals surface area contributed by atoms with Crippen LogP contribution in [-0.4, -0.2) is 43.1 Å². The Hall–Kier alpha value is -4.13. The van der Waals surface area contributed by atoms with Crippen molar-refractivity contribution in [2.75, 3.05) is 20.2 Å². The average Bonchev–Trinajstić information content (AvgIpc) is 2.92. The minimum Gasteiger partial charge on any atom is -0.497 e. The van der Waals surface area contributed by atoms with Gasteiger partial charge in [-0.2, -0.15) is 5.10 Å². The molecule has 1 fully saturated rings. The van der Waals surface area contributed by atoms with E-state index in [1.165, 1.54) is 0 Å². The van der Waals surface area contributed by atoms with E-state index in [1.54, 1.807) is 36.4 Å². The number of ether oxygens (including phenoxy) is 2. The lowest BCUT2D eigenvalue weighted by atomic mass is 9.95. The molecule has 1 aliphatic rings. The second-order valence-corrected chi connectivity index (χ2v) is 8.38. The lowest BCUT2D eigenvalue weighted by Crippen LogP contribution is -2.42. The highest BCUT2D eigenvalue weighted by Crippen LogP contribution is 2.21. The van der Waals surface area contributed by atoms with Crippen molar-refractivity contribution in [3.05, 3.63) is 95.6 Å². The number of amides is 2. The van der Waals surface area contributed by atoms with E-state index < -0.39 is 0 Å². The molecule has 0 saturated carbocycles. The van der Waals surface area contributed by atoms with Gasteiger partial charge in [0.15, 0.2) is 0 Å². The third-order valence-corrected chi connectivity index (χ3v) is 5.96. The first-order valence-electron chi connectivity index (χ1n) is 11.7. The predicted octanol–water partition coefficient (Wildman–Crippen LogP) is 4.28. The Morgan fingerprint density at radius 3 is 2.49 bits per heavy atom. The van der Waals surface area contributed by atoms with Gasteiger partial charge in [0, 0.05) is 24.6 Å². The largest absolute Gasteiger partial charge is 0.497 e. The molecule has 1 aliphatic heterocycles. The Morgan fingerprint density at radius 1 is 0.971 bits per heavy atom. The maximum atomic E-state index is 12.8. The Kier molecular flexibility index (Phi) is 8.12.